The molecule has 186 valence electrons. The van der Waals surface area contributed by atoms with Gasteiger partial charge in [0.15, 0.2) is 0 Å². The van der Waals surface area contributed by atoms with Crippen LogP contribution in [0.25, 0.3) is 5.69 Å². The second-order valence-corrected chi connectivity index (χ2v) is 10.5. The Balaban J connectivity index is 1.91. The van der Waals surface area contributed by atoms with Gasteiger partial charge in [-0.15, -0.1) is 0 Å². The molecule has 7 heteroatoms. The Morgan fingerprint density at radius 1 is 1.09 bits per heavy atom. The van der Waals surface area contributed by atoms with Crippen molar-refractivity contribution >= 4 is 17.6 Å². The van der Waals surface area contributed by atoms with Crippen molar-refractivity contribution in [1.82, 2.24) is 14.7 Å². The number of rotatable bonds is 7. The van der Waals surface area contributed by atoms with Gasteiger partial charge in [-0.1, -0.05) is 64.4 Å². The van der Waals surface area contributed by atoms with Crippen molar-refractivity contribution in [3.63, 3.8) is 0 Å². The van der Waals surface area contributed by atoms with E-state index in [4.69, 9.17) is 5.10 Å². The first kappa shape index (κ1) is 26.1. The van der Waals surface area contributed by atoms with Crippen molar-refractivity contribution in [3.05, 3.63) is 76.7 Å². The van der Waals surface area contributed by atoms with Gasteiger partial charge in [0.1, 0.15) is 18.2 Å². The Kier molecular flexibility index (Phi) is 7.78. The highest BCUT2D eigenvalue weighted by atomic mass is 19.1. The SMILES string of the molecule is Cc1ccc(-n2nc(C(C)(C)C)cc2NC(=O)CN(CC(C)C)C(=O)c2ccccc2F)c(C)c1. The number of carbonyl (C=O) groups excluding carboxylic acids is 2. The zero-order valence-electron chi connectivity index (χ0n) is 21.6. The summed E-state index contributed by atoms with van der Waals surface area (Å²) >= 11 is 0. The largest absolute Gasteiger partial charge is 0.329 e. The number of amides is 2. The average Bonchev–Trinajstić information content (AvgIpc) is 3.16. The molecule has 0 aliphatic rings. The summed E-state index contributed by atoms with van der Waals surface area (Å²) in [6.07, 6.45) is 0. The van der Waals surface area contributed by atoms with Crippen molar-refractivity contribution in [2.24, 2.45) is 5.92 Å². The molecule has 0 unspecified atom stereocenters. The Labute approximate surface area is 207 Å². The number of halogens is 1. The maximum Gasteiger partial charge on any atom is 0.257 e. The number of nitrogens with one attached hydrogen (secondary N) is 1. The smallest absolute Gasteiger partial charge is 0.257 e. The summed E-state index contributed by atoms with van der Waals surface area (Å²) in [5.74, 6) is -0.859. The molecule has 2 aromatic carbocycles. The van der Waals surface area contributed by atoms with Gasteiger partial charge in [0.2, 0.25) is 5.91 Å². The molecule has 0 saturated heterocycles. The number of aryl methyl sites for hydroxylation is 2. The van der Waals surface area contributed by atoms with E-state index in [-0.39, 0.29) is 29.3 Å². The van der Waals surface area contributed by atoms with Gasteiger partial charge in [-0.2, -0.15) is 5.10 Å². The molecule has 0 radical (unpaired) electrons. The number of anilines is 1. The van der Waals surface area contributed by atoms with E-state index in [1.54, 1.807) is 10.7 Å². The lowest BCUT2D eigenvalue weighted by Crippen LogP contribution is -2.40. The molecule has 6 nitrogen and oxygen atoms in total. The molecule has 2 amide bonds. The number of aromatic nitrogens is 2. The first-order chi connectivity index (χ1) is 16.4. The molecule has 3 rings (SSSR count). The molecule has 0 atom stereocenters. The zero-order chi connectivity index (χ0) is 25.9. The quantitative estimate of drug-likeness (QED) is 0.476. The van der Waals surface area contributed by atoms with Gasteiger partial charge in [0, 0.05) is 18.0 Å². The highest BCUT2D eigenvalue weighted by Crippen LogP contribution is 2.28. The van der Waals surface area contributed by atoms with Crippen LogP contribution in [0.5, 0.6) is 0 Å². The molecule has 0 bridgehead atoms. The van der Waals surface area contributed by atoms with Gasteiger partial charge in [-0.3, -0.25) is 9.59 Å². The molecular formula is C28H35FN4O2. The molecule has 1 aromatic heterocycles. The van der Waals surface area contributed by atoms with Gasteiger partial charge in [0.25, 0.3) is 5.91 Å². The normalized spacial score (nSPS) is 11.6. The fourth-order valence-corrected chi connectivity index (χ4v) is 3.88. The van der Waals surface area contributed by atoms with Crippen molar-refractivity contribution in [3.8, 4) is 5.69 Å². The Bertz CT molecular complexity index is 1220. The van der Waals surface area contributed by atoms with E-state index in [2.05, 4.69) is 32.2 Å². The van der Waals surface area contributed by atoms with Crippen LogP contribution in [0.3, 0.4) is 0 Å². The maximum absolute atomic E-state index is 14.3. The highest BCUT2D eigenvalue weighted by molar-refractivity contribution is 5.99. The first-order valence-corrected chi connectivity index (χ1v) is 11.9. The molecule has 3 aromatic rings. The van der Waals surface area contributed by atoms with Gasteiger partial charge in [-0.05, 0) is 43.5 Å². The fourth-order valence-electron chi connectivity index (χ4n) is 3.88. The minimum Gasteiger partial charge on any atom is -0.329 e. The summed E-state index contributed by atoms with van der Waals surface area (Å²) in [4.78, 5) is 27.6. The van der Waals surface area contributed by atoms with E-state index in [1.165, 1.54) is 23.1 Å². The minimum atomic E-state index is -0.602. The number of hydrogen-bond acceptors (Lipinski definition) is 3. The number of carbonyl (C=O) groups is 2. The second kappa shape index (κ2) is 10.4. The first-order valence-electron chi connectivity index (χ1n) is 11.9. The van der Waals surface area contributed by atoms with Gasteiger partial charge in [-0.25, -0.2) is 9.07 Å². The fraction of sp³-hybridized carbons (Fsp3) is 0.393. The topological polar surface area (TPSA) is 67.2 Å². The Morgan fingerprint density at radius 3 is 2.37 bits per heavy atom. The van der Waals surface area contributed by atoms with Crippen LogP contribution in [0.4, 0.5) is 10.2 Å². The average molecular weight is 479 g/mol. The summed E-state index contributed by atoms with van der Waals surface area (Å²) < 4.78 is 16.0. The second-order valence-electron chi connectivity index (χ2n) is 10.5. The van der Waals surface area contributed by atoms with Crippen LogP contribution in [-0.2, 0) is 10.2 Å². The molecule has 0 aliphatic carbocycles. The van der Waals surface area contributed by atoms with E-state index in [0.29, 0.717) is 12.4 Å². The third-order valence-corrected chi connectivity index (χ3v) is 5.64. The summed E-state index contributed by atoms with van der Waals surface area (Å²) in [6.45, 7) is 14.2. The lowest BCUT2D eigenvalue weighted by molar-refractivity contribution is -0.117. The van der Waals surface area contributed by atoms with Gasteiger partial charge >= 0.3 is 0 Å². The number of hydrogen-bond donors (Lipinski definition) is 1. The van der Waals surface area contributed by atoms with Crippen LogP contribution >= 0.6 is 0 Å². The molecule has 0 fully saturated rings. The molecule has 1 heterocycles. The lowest BCUT2D eigenvalue weighted by Gasteiger charge is -2.24. The summed E-state index contributed by atoms with van der Waals surface area (Å²) in [5.41, 5.74) is 3.58. The van der Waals surface area contributed by atoms with Crippen LogP contribution in [-0.4, -0.2) is 39.6 Å². The lowest BCUT2D eigenvalue weighted by atomic mass is 9.92. The van der Waals surface area contributed by atoms with Crippen molar-refractivity contribution in [2.75, 3.05) is 18.4 Å². The maximum atomic E-state index is 14.3. The molecule has 0 spiro atoms. The van der Waals surface area contributed by atoms with Crippen LogP contribution in [0.2, 0.25) is 0 Å². The predicted molar refractivity (Wildman–Crippen MR) is 138 cm³/mol. The third-order valence-electron chi connectivity index (χ3n) is 5.64. The monoisotopic (exact) mass is 478 g/mol. The molecule has 0 aliphatic heterocycles. The van der Waals surface area contributed by atoms with E-state index in [0.717, 1.165) is 22.5 Å². The van der Waals surface area contributed by atoms with Gasteiger partial charge < -0.3 is 10.2 Å². The van der Waals surface area contributed by atoms with E-state index in [1.807, 2.05) is 45.9 Å². The number of nitrogens with zero attached hydrogens (tertiary/aromatic N) is 3. The summed E-state index contributed by atoms with van der Waals surface area (Å²) in [5, 5.41) is 7.73. The minimum absolute atomic E-state index is 0.0451. The third kappa shape index (κ3) is 6.35. The predicted octanol–water partition coefficient (Wildman–Crippen LogP) is 5.66. The van der Waals surface area contributed by atoms with Crippen LogP contribution in [0.1, 0.15) is 61.8 Å². The Morgan fingerprint density at radius 2 is 1.77 bits per heavy atom. The summed E-state index contributed by atoms with van der Waals surface area (Å²) in [6, 6.07) is 13.7. The van der Waals surface area contributed by atoms with Crippen molar-refractivity contribution in [2.45, 2.75) is 53.9 Å². The van der Waals surface area contributed by atoms with Crippen LogP contribution in [0.15, 0.2) is 48.5 Å². The number of benzene rings is 2. The van der Waals surface area contributed by atoms with Crippen molar-refractivity contribution in [1.29, 1.82) is 0 Å². The summed E-state index contributed by atoms with van der Waals surface area (Å²) in [7, 11) is 0. The molecule has 0 saturated carbocycles. The highest BCUT2D eigenvalue weighted by Gasteiger charge is 2.25. The standard InChI is InChI=1S/C28H35FN4O2/c1-18(2)16-32(27(35)21-10-8-9-11-22(21)29)17-26(34)30-25-15-24(28(5,6)7)31-33(25)23-13-12-19(3)14-20(23)4/h8-15,18H,16-17H2,1-7H3,(H,30,34). The van der Waals surface area contributed by atoms with E-state index in [9.17, 15) is 14.0 Å². The van der Waals surface area contributed by atoms with E-state index < -0.39 is 11.7 Å². The molecule has 35 heavy (non-hydrogen) atoms. The zero-order valence-corrected chi connectivity index (χ0v) is 21.6. The molecule has 1 N–H and O–H groups in total. The molecular weight excluding hydrogens is 443 g/mol. The Hall–Kier alpha value is -3.48. The van der Waals surface area contributed by atoms with Gasteiger partial charge in [0.05, 0.1) is 16.9 Å². The van der Waals surface area contributed by atoms with Crippen LogP contribution in [0, 0.1) is 25.6 Å². The van der Waals surface area contributed by atoms with E-state index >= 15 is 0 Å². The van der Waals surface area contributed by atoms with Crippen molar-refractivity contribution < 1.29 is 14.0 Å². The van der Waals surface area contributed by atoms with Crippen LogP contribution < -0.4 is 5.32 Å².